The minimum atomic E-state index is -1.04. The average molecular weight is 455 g/mol. The second-order valence-electron chi connectivity index (χ2n) is 8.04. The molecule has 168 valence electrons. The second-order valence-corrected chi connectivity index (χ2v) is 9.33. The minimum absolute atomic E-state index is 0.0595. The number of furan rings is 1. The van der Waals surface area contributed by atoms with Crippen molar-refractivity contribution in [3.05, 3.63) is 69.6 Å². The third kappa shape index (κ3) is 4.55. The van der Waals surface area contributed by atoms with Crippen LogP contribution in [-0.2, 0) is 23.2 Å². The molecule has 4 rings (SSSR count). The number of aromatic carboxylic acids is 1. The Kier molecular flexibility index (Phi) is 6.32. The maximum atomic E-state index is 13.7. The van der Waals surface area contributed by atoms with Crippen molar-refractivity contribution >= 4 is 23.2 Å². The molecule has 2 aromatic heterocycles. The highest BCUT2D eigenvalue weighted by Crippen LogP contribution is 2.50. The van der Waals surface area contributed by atoms with E-state index in [2.05, 4.69) is 4.98 Å². The first-order chi connectivity index (χ1) is 15.4. The lowest BCUT2D eigenvalue weighted by atomic mass is 9.94. The van der Waals surface area contributed by atoms with E-state index in [1.165, 1.54) is 11.3 Å². The van der Waals surface area contributed by atoms with Crippen LogP contribution in [0.1, 0.15) is 51.0 Å². The molecule has 0 unspecified atom stereocenters. The molecule has 1 fully saturated rings. The molecule has 1 N–H and O–H groups in total. The summed E-state index contributed by atoms with van der Waals surface area (Å²) < 4.78 is 10.7. The molecule has 1 saturated carbocycles. The van der Waals surface area contributed by atoms with Gasteiger partial charge in [-0.05, 0) is 56.0 Å². The summed E-state index contributed by atoms with van der Waals surface area (Å²) in [6, 6.07) is 11.5. The summed E-state index contributed by atoms with van der Waals surface area (Å²) >= 11 is 1.33. The number of aryl methyl sites for hydroxylation is 2. The van der Waals surface area contributed by atoms with Gasteiger partial charge in [-0.25, -0.2) is 9.78 Å². The highest BCUT2D eigenvalue weighted by Gasteiger charge is 2.53. The van der Waals surface area contributed by atoms with E-state index < -0.39 is 11.4 Å². The Labute approximate surface area is 190 Å². The lowest BCUT2D eigenvalue weighted by Crippen LogP contribution is -2.39. The summed E-state index contributed by atoms with van der Waals surface area (Å²) in [5.41, 5.74) is 0.518. The Morgan fingerprint density at radius 1 is 1.25 bits per heavy atom. The van der Waals surface area contributed by atoms with Crippen LogP contribution < -0.4 is 4.74 Å². The summed E-state index contributed by atoms with van der Waals surface area (Å²) in [5, 5.41) is 9.98. The molecule has 8 heteroatoms. The number of carbonyl (C=O) groups excluding carboxylic acids is 1. The number of aromatic nitrogens is 1. The molecule has 7 nitrogen and oxygen atoms in total. The van der Waals surface area contributed by atoms with Crippen molar-refractivity contribution in [3.63, 3.8) is 0 Å². The van der Waals surface area contributed by atoms with E-state index >= 15 is 0 Å². The summed E-state index contributed by atoms with van der Waals surface area (Å²) in [4.78, 5) is 31.9. The van der Waals surface area contributed by atoms with Crippen molar-refractivity contribution in [1.29, 1.82) is 0 Å². The summed E-state index contributed by atoms with van der Waals surface area (Å²) in [5.74, 6) is 0.656. The fourth-order valence-electron chi connectivity index (χ4n) is 4.00. The molecule has 1 amide bonds. The van der Waals surface area contributed by atoms with E-state index in [-0.39, 0.29) is 11.6 Å². The number of ether oxygens (including phenoxy) is 1. The minimum Gasteiger partial charge on any atom is -0.497 e. The van der Waals surface area contributed by atoms with Gasteiger partial charge in [0.2, 0.25) is 5.91 Å². The van der Waals surface area contributed by atoms with Crippen LogP contribution in [0.4, 0.5) is 0 Å². The summed E-state index contributed by atoms with van der Waals surface area (Å²) in [7, 11) is 1.62. The van der Waals surface area contributed by atoms with Crippen LogP contribution in [0.25, 0.3) is 0 Å². The normalized spacial score (nSPS) is 14.2. The molecule has 3 aromatic rings. The molecule has 1 aromatic carbocycles. The highest BCUT2D eigenvalue weighted by molar-refractivity contribution is 7.11. The number of benzene rings is 1. The monoisotopic (exact) mass is 454 g/mol. The second kappa shape index (κ2) is 9.16. The third-order valence-electron chi connectivity index (χ3n) is 5.89. The van der Waals surface area contributed by atoms with Crippen molar-refractivity contribution in [2.45, 2.75) is 44.6 Å². The number of hydrogen-bond donors (Lipinski definition) is 1. The zero-order chi connectivity index (χ0) is 22.7. The van der Waals surface area contributed by atoms with Crippen molar-refractivity contribution in [3.8, 4) is 5.75 Å². The van der Waals surface area contributed by atoms with Gasteiger partial charge in [0, 0.05) is 17.8 Å². The molecular weight excluding hydrogens is 428 g/mol. The lowest BCUT2D eigenvalue weighted by molar-refractivity contribution is -0.134. The van der Waals surface area contributed by atoms with Gasteiger partial charge in [-0.2, -0.15) is 0 Å². The Balaban J connectivity index is 1.55. The maximum absolute atomic E-state index is 13.7. The van der Waals surface area contributed by atoms with Crippen LogP contribution in [0.2, 0.25) is 0 Å². The number of thiazole rings is 1. The summed E-state index contributed by atoms with van der Waals surface area (Å²) in [6.07, 6.45) is 4.71. The van der Waals surface area contributed by atoms with Crippen molar-refractivity contribution in [1.82, 2.24) is 9.88 Å². The van der Waals surface area contributed by atoms with Crippen LogP contribution >= 0.6 is 11.3 Å². The molecule has 0 bridgehead atoms. The first-order valence-corrected chi connectivity index (χ1v) is 11.4. The molecular formula is C24H26N2O5S. The van der Waals surface area contributed by atoms with Crippen LogP contribution in [0.5, 0.6) is 5.75 Å². The number of carboxylic acid groups (broad SMARTS) is 1. The van der Waals surface area contributed by atoms with Gasteiger partial charge in [0.25, 0.3) is 0 Å². The lowest BCUT2D eigenvalue weighted by Gasteiger charge is -2.27. The van der Waals surface area contributed by atoms with E-state index in [0.29, 0.717) is 23.0 Å². The smallest absolute Gasteiger partial charge is 0.355 e. The van der Waals surface area contributed by atoms with Gasteiger partial charge in [0.05, 0.1) is 25.3 Å². The van der Waals surface area contributed by atoms with Gasteiger partial charge in [0.1, 0.15) is 16.5 Å². The first kappa shape index (κ1) is 22.1. The van der Waals surface area contributed by atoms with E-state index in [0.717, 1.165) is 42.8 Å². The third-order valence-corrected chi connectivity index (χ3v) is 6.85. The maximum Gasteiger partial charge on any atom is 0.355 e. The van der Waals surface area contributed by atoms with Gasteiger partial charge >= 0.3 is 5.97 Å². The van der Waals surface area contributed by atoms with Crippen LogP contribution in [0.3, 0.4) is 0 Å². The molecule has 1 aliphatic carbocycles. The predicted molar refractivity (Wildman–Crippen MR) is 120 cm³/mol. The Morgan fingerprint density at radius 2 is 2.00 bits per heavy atom. The molecule has 1 aliphatic rings. The zero-order valence-corrected chi connectivity index (χ0v) is 19.0. The summed E-state index contributed by atoms with van der Waals surface area (Å²) in [6.45, 7) is 2.58. The molecule has 0 spiro atoms. The molecule has 0 saturated heterocycles. The van der Waals surface area contributed by atoms with Gasteiger partial charge in [0.15, 0.2) is 5.69 Å². The van der Waals surface area contributed by atoms with Crippen LogP contribution in [0, 0.1) is 6.92 Å². The Morgan fingerprint density at radius 3 is 2.56 bits per heavy atom. The molecule has 0 radical (unpaired) electrons. The van der Waals surface area contributed by atoms with Crippen molar-refractivity contribution in [2.24, 2.45) is 0 Å². The van der Waals surface area contributed by atoms with E-state index in [9.17, 15) is 14.7 Å². The number of rotatable bonds is 10. The average Bonchev–Trinajstić information content (AvgIpc) is 3.26. The number of carbonyl (C=O) groups is 2. The van der Waals surface area contributed by atoms with E-state index in [1.807, 2.05) is 41.3 Å². The largest absolute Gasteiger partial charge is 0.497 e. The van der Waals surface area contributed by atoms with Gasteiger partial charge < -0.3 is 19.2 Å². The Bertz CT molecular complexity index is 1080. The fourth-order valence-corrected chi connectivity index (χ4v) is 4.94. The van der Waals surface area contributed by atoms with Gasteiger partial charge in [-0.3, -0.25) is 4.79 Å². The number of carboxylic acids is 1. The molecule has 0 atom stereocenters. The highest BCUT2D eigenvalue weighted by atomic mass is 32.1. The zero-order valence-electron chi connectivity index (χ0n) is 18.2. The fraction of sp³-hybridized carbons (Fsp3) is 0.375. The molecule has 32 heavy (non-hydrogen) atoms. The Hall–Kier alpha value is -3.13. The predicted octanol–water partition coefficient (Wildman–Crippen LogP) is 4.44. The van der Waals surface area contributed by atoms with Gasteiger partial charge in [-0.1, -0.05) is 12.1 Å². The van der Waals surface area contributed by atoms with E-state index in [4.69, 9.17) is 9.15 Å². The number of methoxy groups -OCH3 is 1. The van der Waals surface area contributed by atoms with Crippen LogP contribution in [-0.4, -0.2) is 40.5 Å². The molecule has 0 aliphatic heterocycles. The van der Waals surface area contributed by atoms with Crippen LogP contribution in [0.15, 0.2) is 47.1 Å². The topological polar surface area (TPSA) is 92.9 Å². The van der Waals surface area contributed by atoms with E-state index in [1.54, 1.807) is 20.3 Å². The number of nitrogens with zero attached hydrogens (tertiary/aromatic N) is 2. The standard InChI is InChI=1S/C24H26N2O5S/c1-16-21(22(27)28)25-20(32-16)15-26(13-3-5-19-6-4-14-31-19)23(29)24(11-12-24)17-7-9-18(30-2)10-8-17/h4,6-10,14H,3,5,11-13,15H2,1-2H3,(H,27,28). The number of amides is 1. The SMILES string of the molecule is COc1ccc(C2(C(=O)N(CCCc3ccco3)Cc3nc(C(=O)O)c(C)s3)CC2)cc1. The van der Waals surface area contributed by atoms with Crippen molar-refractivity contribution in [2.75, 3.05) is 13.7 Å². The quantitative estimate of drug-likeness (QED) is 0.487. The number of hydrogen-bond acceptors (Lipinski definition) is 6. The molecule has 2 heterocycles. The van der Waals surface area contributed by atoms with Gasteiger partial charge in [-0.15, -0.1) is 11.3 Å². The first-order valence-electron chi connectivity index (χ1n) is 10.6. The van der Waals surface area contributed by atoms with Crippen molar-refractivity contribution < 1.29 is 23.8 Å².